The molecular formula is C13H13NO5. The summed E-state index contributed by atoms with van der Waals surface area (Å²) in [5, 5.41) is 0.514. The Morgan fingerprint density at radius 3 is 2.26 bits per heavy atom. The van der Waals surface area contributed by atoms with Crippen molar-refractivity contribution < 1.29 is 24.0 Å². The van der Waals surface area contributed by atoms with Crippen molar-refractivity contribution in [3.63, 3.8) is 0 Å². The molecule has 0 N–H and O–H groups in total. The normalized spacial score (nSPS) is 13.6. The summed E-state index contributed by atoms with van der Waals surface area (Å²) >= 11 is 0. The van der Waals surface area contributed by atoms with E-state index in [1.165, 1.54) is 19.2 Å². The molecule has 0 saturated carbocycles. The van der Waals surface area contributed by atoms with E-state index in [1.807, 2.05) is 0 Å². The number of imide groups is 1. The van der Waals surface area contributed by atoms with Crippen LogP contribution >= 0.6 is 0 Å². The number of ether oxygens (including phenoxy) is 1. The third kappa shape index (κ3) is 2.63. The summed E-state index contributed by atoms with van der Waals surface area (Å²) in [4.78, 5) is 40.0. The molecule has 0 unspecified atom stereocenters. The van der Waals surface area contributed by atoms with Crippen LogP contribution in [0.3, 0.4) is 0 Å². The fourth-order valence-corrected chi connectivity index (χ4v) is 1.76. The zero-order chi connectivity index (χ0) is 13.8. The maximum Gasteiger partial charge on any atom is 0.333 e. The number of nitrogens with zero attached hydrogens (tertiary/aromatic N) is 1. The van der Waals surface area contributed by atoms with Crippen LogP contribution in [0, 0.1) is 0 Å². The zero-order valence-corrected chi connectivity index (χ0v) is 10.4. The van der Waals surface area contributed by atoms with Gasteiger partial charge in [-0.3, -0.25) is 9.59 Å². The van der Waals surface area contributed by atoms with Crippen LogP contribution in [0.15, 0.2) is 24.3 Å². The molecule has 2 rings (SSSR count). The van der Waals surface area contributed by atoms with Gasteiger partial charge < -0.3 is 9.57 Å². The Labute approximate surface area is 109 Å². The first kappa shape index (κ1) is 13.2. The van der Waals surface area contributed by atoms with Gasteiger partial charge in [-0.05, 0) is 18.6 Å². The first-order valence-electron chi connectivity index (χ1n) is 5.82. The van der Waals surface area contributed by atoms with Gasteiger partial charge in [0.2, 0.25) is 0 Å². The molecule has 6 nitrogen and oxygen atoms in total. The van der Waals surface area contributed by atoms with E-state index in [1.54, 1.807) is 12.1 Å². The van der Waals surface area contributed by atoms with Gasteiger partial charge in [-0.2, -0.15) is 0 Å². The van der Waals surface area contributed by atoms with E-state index in [0.29, 0.717) is 18.1 Å². The van der Waals surface area contributed by atoms with E-state index >= 15 is 0 Å². The maximum atomic E-state index is 11.9. The fourth-order valence-electron chi connectivity index (χ4n) is 1.76. The summed E-state index contributed by atoms with van der Waals surface area (Å²) in [5.41, 5.74) is 0.495. The molecule has 0 aliphatic carbocycles. The van der Waals surface area contributed by atoms with Crippen LogP contribution in [0.4, 0.5) is 0 Å². The highest BCUT2D eigenvalue weighted by atomic mass is 16.7. The minimum absolute atomic E-state index is 0.0846. The van der Waals surface area contributed by atoms with Crippen LogP contribution < -0.4 is 0 Å². The van der Waals surface area contributed by atoms with Gasteiger partial charge in [-0.1, -0.05) is 17.2 Å². The van der Waals surface area contributed by atoms with Gasteiger partial charge in [-0.25, -0.2) is 4.79 Å². The molecule has 6 heteroatoms. The van der Waals surface area contributed by atoms with Crippen LogP contribution in [0.25, 0.3) is 0 Å². The molecule has 1 aliphatic heterocycles. The molecule has 0 aromatic heterocycles. The Morgan fingerprint density at radius 2 is 1.74 bits per heavy atom. The lowest BCUT2D eigenvalue weighted by atomic mass is 10.1. The van der Waals surface area contributed by atoms with E-state index in [4.69, 9.17) is 9.57 Å². The van der Waals surface area contributed by atoms with Crippen molar-refractivity contribution in [3.05, 3.63) is 35.4 Å². The molecule has 0 atom stereocenters. The molecule has 1 heterocycles. The molecule has 0 radical (unpaired) electrons. The van der Waals surface area contributed by atoms with E-state index in [9.17, 15) is 14.4 Å². The Balaban J connectivity index is 2.02. The van der Waals surface area contributed by atoms with Gasteiger partial charge >= 0.3 is 5.97 Å². The quantitative estimate of drug-likeness (QED) is 0.589. The van der Waals surface area contributed by atoms with Gasteiger partial charge in [0.25, 0.3) is 11.8 Å². The Hall–Kier alpha value is -2.21. The topological polar surface area (TPSA) is 72.9 Å². The summed E-state index contributed by atoms with van der Waals surface area (Å²) < 4.78 is 4.80. The minimum atomic E-state index is -0.633. The van der Waals surface area contributed by atoms with E-state index in [-0.39, 0.29) is 17.5 Å². The lowest BCUT2D eigenvalue weighted by Crippen LogP contribution is -2.32. The summed E-state index contributed by atoms with van der Waals surface area (Å²) in [5.74, 6) is -1.85. The SMILES string of the molecule is COCCCC(=O)ON1C(=O)c2ccccc2C1=O. The van der Waals surface area contributed by atoms with Crippen LogP contribution in [0.1, 0.15) is 33.6 Å². The lowest BCUT2D eigenvalue weighted by Gasteiger charge is -2.12. The standard InChI is InChI=1S/C13H13NO5/c1-18-8-4-7-11(15)19-14-12(16)9-5-2-3-6-10(9)13(14)17/h2-3,5-6H,4,7-8H2,1H3. The number of amides is 2. The molecule has 1 aliphatic rings. The second-order valence-corrected chi connectivity index (χ2v) is 4.01. The molecule has 100 valence electrons. The highest BCUT2D eigenvalue weighted by Crippen LogP contribution is 2.22. The van der Waals surface area contributed by atoms with Crippen molar-refractivity contribution in [2.24, 2.45) is 0 Å². The number of hydrogen-bond donors (Lipinski definition) is 0. The maximum absolute atomic E-state index is 11.9. The number of hydrogen-bond acceptors (Lipinski definition) is 5. The number of methoxy groups -OCH3 is 1. The summed E-state index contributed by atoms with van der Waals surface area (Å²) in [6.07, 6.45) is 0.555. The average molecular weight is 263 g/mol. The van der Waals surface area contributed by atoms with E-state index in [0.717, 1.165) is 0 Å². The third-order valence-electron chi connectivity index (χ3n) is 2.68. The molecule has 1 aromatic carbocycles. The summed E-state index contributed by atoms with van der Waals surface area (Å²) in [6.45, 7) is 0.414. The highest BCUT2D eigenvalue weighted by Gasteiger charge is 2.38. The average Bonchev–Trinajstić information content (AvgIpc) is 2.65. The van der Waals surface area contributed by atoms with Crippen molar-refractivity contribution in [2.45, 2.75) is 12.8 Å². The smallest absolute Gasteiger partial charge is 0.333 e. The largest absolute Gasteiger partial charge is 0.385 e. The highest BCUT2D eigenvalue weighted by molar-refractivity contribution is 6.20. The second-order valence-electron chi connectivity index (χ2n) is 4.01. The lowest BCUT2D eigenvalue weighted by molar-refractivity contribution is -0.168. The van der Waals surface area contributed by atoms with Gasteiger partial charge in [0.1, 0.15) is 0 Å². The predicted molar refractivity (Wildman–Crippen MR) is 64.1 cm³/mol. The molecule has 1 aromatic rings. The third-order valence-corrected chi connectivity index (χ3v) is 2.68. The minimum Gasteiger partial charge on any atom is -0.385 e. The first-order chi connectivity index (χ1) is 9.15. The number of rotatable bonds is 5. The Morgan fingerprint density at radius 1 is 1.16 bits per heavy atom. The first-order valence-corrected chi connectivity index (χ1v) is 5.82. The molecule has 0 bridgehead atoms. The number of carbonyl (C=O) groups excluding carboxylic acids is 3. The van der Waals surface area contributed by atoms with Crippen molar-refractivity contribution in [1.29, 1.82) is 0 Å². The van der Waals surface area contributed by atoms with Gasteiger partial charge in [0, 0.05) is 13.7 Å². The van der Waals surface area contributed by atoms with Gasteiger partial charge in [-0.15, -0.1) is 0 Å². The molecule has 0 saturated heterocycles. The molecule has 2 amide bonds. The van der Waals surface area contributed by atoms with Crippen molar-refractivity contribution in [3.8, 4) is 0 Å². The van der Waals surface area contributed by atoms with Gasteiger partial charge in [0.15, 0.2) is 0 Å². The van der Waals surface area contributed by atoms with E-state index in [2.05, 4.69) is 0 Å². The monoisotopic (exact) mass is 263 g/mol. The number of carbonyl (C=O) groups is 3. The molecule has 0 spiro atoms. The van der Waals surface area contributed by atoms with Crippen molar-refractivity contribution in [1.82, 2.24) is 5.06 Å². The predicted octanol–water partition coefficient (Wildman–Crippen LogP) is 1.17. The molecule has 0 fully saturated rings. The second kappa shape index (κ2) is 5.62. The Bertz CT molecular complexity index is 491. The zero-order valence-electron chi connectivity index (χ0n) is 10.4. The van der Waals surface area contributed by atoms with Crippen LogP contribution in [-0.4, -0.2) is 36.6 Å². The van der Waals surface area contributed by atoms with Crippen LogP contribution in [0.2, 0.25) is 0 Å². The fraction of sp³-hybridized carbons (Fsp3) is 0.308. The summed E-state index contributed by atoms with van der Waals surface area (Å²) in [7, 11) is 1.52. The van der Waals surface area contributed by atoms with Crippen molar-refractivity contribution >= 4 is 17.8 Å². The van der Waals surface area contributed by atoms with E-state index < -0.39 is 17.8 Å². The van der Waals surface area contributed by atoms with Crippen LogP contribution in [0.5, 0.6) is 0 Å². The number of hydroxylamine groups is 2. The van der Waals surface area contributed by atoms with Gasteiger partial charge in [0.05, 0.1) is 17.5 Å². The number of benzene rings is 1. The summed E-state index contributed by atoms with van der Waals surface area (Å²) in [6, 6.07) is 6.34. The van der Waals surface area contributed by atoms with Crippen molar-refractivity contribution in [2.75, 3.05) is 13.7 Å². The van der Waals surface area contributed by atoms with Crippen LogP contribution in [-0.2, 0) is 14.4 Å². The molecule has 19 heavy (non-hydrogen) atoms. The Kier molecular flexibility index (Phi) is 3.91. The number of fused-ring (bicyclic) bond motifs is 1. The molecular weight excluding hydrogens is 250 g/mol.